The number of aromatic nitrogens is 3. The van der Waals surface area contributed by atoms with Crippen LogP contribution < -0.4 is 5.32 Å². The van der Waals surface area contributed by atoms with Gasteiger partial charge in [-0.3, -0.25) is 9.58 Å². The molecule has 3 fully saturated rings. The molecule has 2 saturated carbocycles. The lowest BCUT2D eigenvalue weighted by Crippen LogP contribution is -2.63. The molecule has 1 saturated heterocycles. The van der Waals surface area contributed by atoms with Crippen molar-refractivity contribution in [2.24, 2.45) is 13.0 Å². The van der Waals surface area contributed by atoms with Gasteiger partial charge in [0.1, 0.15) is 12.2 Å². The molecule has 3 aliphatic rings. The van der Waals surface area contributed by atoms with Crippen LogP contribution in [0.2, 0.25) is 0 Å². The SMILES string of the molecule is Cn1ncnc1CN1CC2(CCCC2)NCC1C1CC1. The van der Waals surface area contributed by atoms with Crippen LogP contribution in [0.25, 0.3) is 0 Å². The van der Waals surface area contributed by atoms with Gasteiger partial charge < -0.3 is 5.32 Å². The van der Waals surface area contributed by atoms with Gasteiger partial charge in [0.15, 0.2) is 0 Å². The van der Waals surface area contributed by atoms with Gasteiger partial charge in [-0.2, -0.15) is 5.10 Å². The van der Waals surface area contributed by atoms with E-state index in [9.17, 15) is 0 Å². The van der Waals surface area contributed by atoms with Gasteiger partial charge in [0.05, 0.1) is 6.54 Å². The number of aryl methyl sites for hydroxylation is 1. The van der Waals surface area contributed by atoms with E-state index in [1.165, 1.54) is 51.6 Å². The van der Waals surface area contributed by atoms with E-state index in [4.69, 9.17) is 0 Å². The fraction of sp³-hybridized carbons (Fsp3) is 0.867. The Labute approximate surface area is 120 Å². The molecule has 5 nitrogen and oxygen atoms in total. The second-order valence-corrected chi connectivity index (χ2v) is 6.98. The molecule has 1 spiro atoms. The van der Waals surface area contributed by atoms with E-state index in [0.29, 0.717) is 11.6 Å². The van der Waals surface area contributed by atoms with E-state index in [-0.39, 0.29) is 0 Å². The van der Waals surface area contributed by atoms with E-state index in [1.807, 2.05) is 11.7 Å². The van der Waals surface area contributed by atoms with Crippen molar-refractivity contribution in [1.29, 1.82) is 0 Å². The second kappa shape index (κ2) is 4.81. The zero-order valence-electron chi connectivity index (χ0n) is 12.4. The highest BCUT2D eigenvalue weighted by atomic mass is 15.3. The van der Waals surface area contributed by atoms with Gasteiger partial charge in [-0.15, -0.1) is 0 Å². The third-order valence-electron chi connectivity index (χ3n) is 5.54. The number of hydrogen-bond acceptors (Lipinski definition) is 4. The van der Waals surface area contributed by atoms with E-state index in [2.05, 4.69) is 20.3 Å². The van der Waals surface area contributed by atoms with Crippen molar-refractivity contribution < 1.29 is 0 Å². The van der Waals surface area contributed by atoms with Crippen LogP contribution in [0.4, 0.5) is 0 Å². The summed E-state index contributed by atoms with van der Waals surface area (Å²) in [5.74, 6) is 2.01. The topological polar surface area (TPSA) is 46.0 Å². The number of nitrogens with zero attached hydrogens (tertiary/aromatic N) is 4. The molecular weight excluding hydrogens is 250 g/mol. The maximum Gasteiger partial charge on any atom is 0.140 e. The zero-order chi connectivity index (χ0) is 13.6. The zero-order valence-corrected chi connectivity index (χ0v) is 12.4. The van der Waals surface area contributed by atoms with Crippen LogP contribution >= 0.6 is 0 Å². The minimum Gasteiger partial charge on any atom is -0.308 e. The molecule has 0 radical (unpaired) electrons. The molecule has 110 valence electrons. The fourth-order valence-corrected chi connectivity index (χ4v) is 4.16. The van der Waals surface area contributed by atoms with Crippen LogP contribution in [0.3, 0.4) is 0 Å². The summed E-state index contributed by atoms with van der Waals surface area (Å²) in [6.07, 6.45) is 9.97. The Morgan fingerprint density at radius 1 is 1.35 bits per heavy atom. The number of nitrogens with one attached hydrogen (secondary N) is 1. The number of rotatable bonds is 3. The Bertz CT molecular complexity index is 472. The average molecular weight is 275 g/mol. The van der Waals surface area contributed by atoms with Gasteiger partial charge in [-0.25, -0.2) is 4.98 Å². The summed E-state index contributed by atoms with van der Waals surface area (Å²) in [4.78, 5) is 7.13. The molecule has 5 heteroatoms. The standard InChI is InChI=1S/C15H25N5/c1-19-14(16-11-18-19)9-20-10-15(6-2-3-7-15)17-8-13(20)12-4-5-12/h11-13,17H,2-10H2,1H3. The van der Waals surface area contributed by atoms with Crippen LogP contribution in [0.1, 0.15) is 44.3 Å². The van der Waals surface area contributed by atoms with Crippen molar-refractivity contribution in [2.75, 3.05) is 13.1 Å². The predicted molar refractivity (Wildman–Crippen MR) is 77.1 cm³/mol. The average Bonchev–Trinajstić information content (AvgIpc) is 3.07. The maximum absolute atomic E-state index is 4.43. The molecule has 1 aromatic heterocycles. The Balaban J connectivity index is 1.53. The second-order valence-electron chi connectivity index (χ2n) is 6.98. The Morgan fingerprint density at radius 2 is 2.15 bits per heavy atom. The smallest absolute Gasteiger partial charge is 0.140 e. The molecule has 1 unspecified atom stereocenters. The van der Waals surface area contributed by atoms with Crippen molar-refractivity contribution in [2.45, 2.75) is 56.7 Å². The molecule has 1 aromatic rings. The summed E-state index contributed by atoms with van der Waals surface area (Å²) in [6.45, 7) is 3.32. The highest BCUT2D eigenvalue weighted by Gasteiger charge is 2.45. The fourth-order valence-electron chi connectivity index (χ4n) is 4.16. The van der Waals surface area contributed by atoms with Gasteiger partial charge in [0, 0.05) is 31.7 Å². The van der Waals surface area contributed by atoms with E-state index in [1.54, 1.807) is 6.33 Å². The van der Waals surface area contributed by atoms with Crippen LogP contribution in [-0.2, 0) is 13.6 Å². The lowest BCUT2D eigenvalue weighted by Gasteiger charge is -2.46. The monoisotopic (exact) mass is 275 g/mol. The molecule has 0 aromatic carbocycles. The molecule has 2 heterocycles. The molecule has 2 aliphatic carbocycles. The summed E-state index contributed by atoms with van der Waals surface area (Å²) in [6, 6.07) is 0.706. The molecule has 1 atom stereocenters. The molecule has 20 heavy (non-hydrogen) atoms. The highest BCUT2D eigenvalue weighted by Crippen LogP contribution is 2.40. The third kappa shape index (κ3) is 2.27. The van der Waals surface area contributed by atoms with Crippen molar-refractivity contribution >= 4 is 0 Å². The van der Waals surface area contributed by atoms with Crippen LogP contribution in [0, 0.1) is 5.92 Å². The number of piperazine rings is 1. The van der Waals surface area contributed by atoms with Crippen LogP contribution in [0.15, 0.2) is 6.33 Å². The van der Waals surface area contributed by atoms with Crippen LogP contribution in [0.5, 0.6) is 0 Å². The van der Waals surface area contributed by atoms with Crippen molar-refractivity contribution in [1.82, 2.24) is 25.0 Å². The first-order valence-corrected chi connectivity index (χ1v) is 8.08. The van der Waals surface area contributed by atoms with Gasteiger partial charge in [0.2, 0.25) is 0 Å². The minimum absolute atomic E-state index is 0.393. The quantitative estimate of drug-likeness (QED) is 0.903. The van der Waals surface area contributed by atoms with Crippen LogP contribution in [-0.4, -0.2) is 44.3 Å². The first-order valence-electron chi connectivity index (χ1n) is 8.08. The number of hydrogen-bond donors (Lipinski definition) is 1. The van der Waals surface area contributed by atoms with E-state index < -0.39 is 0 Å². The van der Waals surface area contributed by atoms with E-state index >= 15 is 0 Å². The van der Waals surface area contributed by atoms with Gasteiger partial charge >= 0.3 is 0 Å². The molecule has 0 amide bonds. The third-order valence-corrected chi connectivity index (χ3v) is 5.54. The maximum atomic E-state index is 4.43. The Morgan fingerprint density at radius 3 is 2.80 bits per heavy atom. The van der Waals surface area contributed by atoms with Gasteiger partial charge in [-0.1, -0.05) is 12.8 Å². The van der Waals surface area contributed by atoms with Crippen molar-refractivity contribution in [3.05, 3.63) is 12.2 Å². The molecule has 1 aliphatic heterocycles. The molecule has 1 N–H and O–H groups in total. The summed E-state index contributed by atoms with van der Waals surface area (Å²) in [5.41, 5.74) is 0.393. The summed E-state index contributed by atoms with van der Waals surface area (Å²) in [5, 5.41) is 8.13. The Hall–Kier alpha value is -0.940. The first kappa shape index (κ1) is 12.8. The minimum atomic E-state index is 0.393. The summed E-state index contributed by atoms with van der Waals surface area (Å²) < 4.78 is 1.92. The molecule has 4 rings (SSSR count). The van der Waals surface area contributed by atoms with Crippen molar-refractivity contribution in [3.63, 3.8) is 0 Å². The van der Waals surface area contributed by atoms with Gasteiger partial charge in [0.25, 0.3) is 0 Å². The van der Waals surface area contributed by atoms with Crippen molar-refractivity contribution in [3.8, 4) is 0 Å². The summed E-state index contributed by atoms with van der Waals surface area (Å²) in [7, 11) is 2.00. The Kier molecular flexibility index (Phi) is 3.07. The predicted octanol–water partition coefficient (Wildman–Crippen LogP) is 1.31. The van der Waals surface area contributed by atoms with Gasteiger partial charge in [-0.05, 0) is 31.6 Å². The largest absolute Gasteiger partial charge is 0.308 e. The molecule has 0 bridgehead atoms. The lowest BCUT2D eigenvalue weighted by atomic mass is 9.91. The first-order chi connectivity index (χ1) is 9.76. The summed E-state index contributed by atoms with van der Waals surface area (Å²) >= 11 is 0. The molecular formula is C15H25N5. The van der Waals surface area contributed by atoms with E-state index in [0.717, 1.165) is 18.3 Å². The normalized spacial score (nSPS) is 30.1. The lowest BCUT2D eigenvalue weighted by molar-refractivity contribution is 0.0597. The highest BCUT2D eigenvalue weighted by molar-refractivity contribution is 5.05.